The largest absolute Gasteiger partial charge is 0.466 e. The summed E-state index contributed by atoms with van der Waals surface area (Å²) in [6.07, 6.45) is -0.377. The van der Waals surface area contributed by atoms with Gasteiger partial charge in [0.05, 0.1) is 18.3 Å². The van der Waals surface area contributed by atoms with E-state index in [1.165, 1.54) is 6.92 Å². The summed E-state index contributed by atoms with van der Waals surface area (Å²) in [6.45, 7) is 3.59. The van der Waals surface area contributed by atoms with Crippen molar-refractivity contribution in [2.75, 3.05) is 6.61 Å². The third-order valence-electron chi connectivity index (χ3n) is 3.23. The van der Waals surface area contributed by atoms with Crippen LogP contribution in [0.3, 0.4) is 0 Å². The van der Waals surface area contributed by atoms with E-state index in [-0.39, 0.29) is 18.8 Å². The number of rotatable bonds is 7. The van der Waals surface area contributed by atoms with Gasteiger partial charge < -0.3 is 14.9 Å². The maximum atomic E-state index is 11.3. The van der Waals surface area contributed by atoms with E-state index < -0.39 is 11.7 Å². The molecule has 1 aromatic rings. The molecule has 0 heterocycles. The summed E-state index contributed by atoms with van der Waals surface area (Å²) in [5.74, 6) is -0.360. The molecule has 0 saturated carbocycles. The first-order chi connectivity index (χ1) is 9.36. The number of aliphatic hydroxyl groups is 2. The van der Waals surface area contributed by atoms with Gasteiger partial charge in [0.15, 0.2) is 0 Å². The second-order valence-electron chi connectivity index (χ2n) is 4.97. The van der Waals surface area contributed by atoms with Crippen molar-refractivity contribution in [3.63, 3.8) is 0 Å². The fourth-order valence-electron chi connectivity index (χ4n) is 1.85. The van der Waals surface area contributed by atoms with Gasteiger partial charge in [0, 0.05) is 17.3 Å². The normalized spacial score (nSPS) is 15.4. The van der Waals surface area contributed by atoms with E-state index in [1.807, 2.05) is 24.3 Å². The molecule has 2 atom stereocenters. The summed E-state index contributed by atoms with van der Waals surface area (Å²) < 4.78 is 5.70. The minimum Gasteiger partial charge on any atom is -0.466 e. The van der Waals surface area contributed by atoms with Gasteiger partial charge in [-0.05, 0) is 31.9 Å². The topological polar surface area (TPSA) is 66.8 Å². The first-order valence-electron chi connectivity index (χ1n) is 6.66. The van der Waals surface area contributed by atoms with Crippen molar-refractivity contribution in [2.24, 2.45) is 0 Å². The molecule has 20 heavy (non-hydrogen) atoms. The Labute approximate surface area is 127 Å². The predicted octanol–water partition coefficient (Wildman–Crippen LogP) is 2.45. The predicted molar refractivity (Wildman–Crippen MR) is 80.3 cm³/mol. The van der Waals surface area contributed by atoms with Crippen LogP contribution in [0.2, 0.25) is 0 Å². The van der Waals surface area contributed by atoms with Crippen molar-refractivity contribution < 1.29 is 19.7 Å². The second kappa shape index (κ2) is 7.76. The molecule has 0 aliphatic carbocycles. The van der Waals surface area contributed by atoms with E-state index in [1.54, 1.807) is 6.92 Å². The lowest BCUT2D eigenvalue weighted by atomic mass is 9.89. The summed E-state index contributed by atoms with van der Waals surface area (Å²) >= 11 is 3.41. The first-order valence-corrected chi connectivity index (χ1v) is 7.45. The van der Waals surface area contributed by atoms with E-state index in [4.69, 9.17) is 4.74 Å². The van der Waals surface area contributed by atoms with Gasteiger partial charge in [-0.3, -0.25) is 4.79 Å². The molecule has 1 rings (SSSR count). The maximum Gasteiger partial charge on any atom is 0.305 e. The molecule has 1 aromatic carbocycles. The molecule has 5 heteroatoms. The quantitative estimate of drug-likeness (QED) is 0.745. The van der Waals surface area contributed by atoms with Crippen LogP contribution in [0, 0.1) is 0 Å². The van der Waals surface area contributed by atoms with Crippen LogP contribution in [0.25, 0.3) is 0 Å². The highest BCUT2D eigenvalue weighted by Gasteiger charge is 2.31. The van der Waals surface area contributed by atoms with E-state index >= 15 is 0 Å². The van der Waals surface area contributed by atoms with Crippen LogP contribution >= 0.6 is 15.9 Å². The molecule has 0 aliphatic rings. The molecule has 0 fully saturated rings. The molecule has 0 saturated heterocycles. The molecule has 0 amide bonds. The molecule has 0 aliphatic heterocycles. The number of hydrogen-bond donors (Lipinski definition) is 2. The average Bonchev–Trinajstić information content (AvgIpc) is 2.39. The molecule has 0 radical (unpaired) electrons. The number of halogens is 1. The van der Waals surface area contributed by atoms with Gasteiger partial charge in [-0.1, -0.05) is 34.1 Å². The summed E-state index contributed by atoms with van der Waals surface area (Å²) in [6, 6.07) is 7.53. The lowest BCUT2D eigenvalue weighted by Crippen LogP contribution is -2.41. The van der Waals surface area contributed by atoms with Gasteiger partial charge in [0.1, 0.15) is 0 Å². The first kappa shape index (κ1) is 17.1. The van der Waals surface area contributed by atoms with E-state index in [0.717, 1.165) is 10.0 Å². The minimum atomic E-state index is -1.33. The molecule has 4 nitrogen and oxygen atoms in total. The Balaban J connectivity index is 2.58. The number of carbonyl (C=O) groups is 1. The van der Waals surface area contributed by atoms with Crippen molar-refractivity contribution in [1.82, 2.24) is 0 Å². The number of aliphatic hydroxyl groups excluding tert-OH is 1. The van der Waals surface area contributed by atoms with Crippen LogP contribution in [-0.2, 0) is 16.0 Å². The van der Waals surface area contributed by atoms with Gasteiger partial charge in [0.2, 0.25) is 0 Å². The van der Waals surface area contributed by atoms with E-state index in [0.29, 0.717) is 13.0 Å². The monoisotopic (exact) mass is 344 g/mol. The third-order valence-corrected chi connectivity index (χ3v) is 4.00. The van der Waals surface area contributed by atoms with E-state index in [2.05, 4.69) is 15.9 Å². The van der Waals surface area contributed by atoms with Crippen LogP contribution in [0.4, 0.5) is 0 Å². The molecular weight excluding hydrogens is 324 g/mol. The van der Waals surface area contributed by atoms with Gasteiger partial charge in [-0.2, -0.15) is 0 Å². The van der Waals surface area contributed by atoms with Crippen LogP contribution in [-0.4, -0.2) is 34.5 Å². The van der Waals surface area contributed by atoms with Crippen LogP contribution in [0.15, 0.2) is 28.7 Å². The molecular formula is C15H21BrO4. The van der Waals surface area contributed by atoms with E-state index in [9.17, 15) is 15.0 Å². The highest BCUT2D eigenvalue weighted by atomic mass is 79.9. The lowest BCUT2D eigenvalue weighted by Gasteiger charge is -2.29. The summed E-state index contributed by atoms with van der Waals surface area (Å²) in [7, 11) is 0. The molecule has 2 N–H and O–H groups in total. The van der Waals surface area contributed by atoms with Crippen LogP contribution < -0.4 is 0 Å². The zero-order chi connectivity index (χ0) is 15.2. The molecule has 112 valence electrons. The van der Waals surface area contributed by atoms with Crippen molar-refractivity contribution >= 4 is 21.9 Å². The fraction of sp³-hybridized carbons (Fsp3) is 0.533. The van der Waals surface area contributed by atoms with Gasteiger partial charge in [0.25, 0.3) is 0 Å². The smallest absolute Gasteiger partial charge is 0.305 e. The Hall–Kier alpha value is -0.910. The molecule has 0 spiro atoms. The summed E-state index contributed by atoms with van der Waals surface area (Å²) in [5, 5.41) is 20.5. The number of hydrogen-bond acceptors (Lipinski definition) is 4. The van der Waals surface area contributed by atoms with Crippen molar-refractivity contribution in [2.45, 2.75) is 44.8 Å². The Morgan fingerprint density at radius 3 is 2.70 bits per heavy atom. The van der Waals surface area contributed by atoms with Gasteiger partial charge in [-0.15, -0.1) is 0 Å². The maximum absolute atomic E-state index is 11.3. The number of carbonyl (C=O) groups excluding carboxylic acids is 1. The zero-order valence-electron chi connectivity index (χ0n) is 11.8. The van der Waals surface area contributed by atoms with Gasteiger partial charge in [-0.25, -0.2) is 0 Å². The van der Waals surface area contributed by atoms with Crippen molar-refractivity contribution in [3.8, 4) is 0 Å². The summed E-state index contributed by atoms with van der Waals surface area (Å²) in [5.41, 5.74) is -0.418. The average molecular weight is 345 g/mol. The standard InChI is InChI=1S/C15H21BrO4/c1-3-20-14(18)8-9-15(2,19)13(17)10-11-6-4-5-7-12(11)16/h4-7,13,17,19H,3,8-10H2,1-2H3/t13-,15-/m0/s1. The molecule has 0 unspecified atom stereocenters. The highest BCUT2D eigenvalue weighted by molar-refractivity contribution is 9.10. The Morgan fingerprint density at radius 2 is 2.10 bits per heavy atom. The minimum absolute atomic E-state index is 0.0911. The SMILES string of the molecule is CCOC(=O)CC[C@](C)(O)[C@@H](O)Cc1ccccc1Br. The second-order valence-corrected chi connectivity index (χ2v) is 5.83. The molecule has 0 aromatic heterocycles. The Bertz CT molecular complexity index is 445. The van der Waals surface area contributed by atoms with Gasteiger partial charge >= 0.3 is 5.97 Å². The lowest BCUT2D eigenvalue weighted by molar-refractivity contribution is -0.145. The van der Waals surface area contributed by atoms with Crippen molar-refractivity contribution in [3.05, 3.63) is 34.3 Å². The third kappa shape index (κ3) is 5.23. The zero-order valence-corrected chi connectivity index (χ0v) is 13.4. The van der Waals surface area contributed by atoms with Crippen molar-refractivity contribution in [1.29, 1.82) is 0 Å². The number of esters is 1. The highest BCUT2D eigenvalue weighted by Crippen LogP contribution is 2.24. The Morgan fingerprint density at radius 1 is 1.45 bits per heavy atom. The number of benzene rings is 1. The summed E-state index contributed by atoms with van der Waals surface area (Å²) in [4.78, 5) is 11.3. The van der Waals surface area contributed by atoms with Crippen LogP contribution in [0.1, 0.15) is 32.3 Å². The van der Waals surface area contributed by atoms with Crippen LogP contribution in [0.5, 0.6) is 0 Å². The Kier molecular flexibility index (Phi) is 6.65. The fourth-order valence-corrected chi connectivity index (χ4v) is 2.29. The number of ether oxygens (including phenoxy) is 1. The molecule has 0 bridgehead atoms.